The Balaban J connectivity index is 2.35. The summed E-state index contributed by atoms with van der Waals surface area (Å²) in [5.41, 5.74) is 5.84. The zero-order valence-corrected chi connectivity index (χ0v) is 11.0. The number of carbonyl (C=O) groups is 1. The number of amides is 1. The molecule has 0 atom stereocenters. The van der Waals surface area contributed by atoms with E-state index in [1.807, 2.05) is 0 Å². The number of rotatable bonds is 2. The van der Waals surface area contributed by atoms with Gasteiger partial charge < -0.3 is 11.1 Å². The molecule has 0 aliphatic carbocycles. The van der Waals surface area contributed by atoms with Crippen molar-refractivity contribution in [3.63, 3.8) is 0 Å². The number of nitrogens with one attached hydrogen (secondary N) is 1. The zero-order valence-electron chi connectivity index (χ0n) is 9.39. The standard InChI is InChI=1S/C10H12ClN3O3S/c11-8-5-7(1-2-9(8)12)18(16,17)14-4-3-13-10(15)6-14/h1-2,5H,3-4,6,12H2,(H,13,15). The normalized spacial score (nSPS) is 17.5. The number of nitrogens with two attached hydrogens (primary N) is 1. The largest absolute Gasteiger partial charge is 0.398 e. The number of hydrogen-bond donors (Lipinski definition) is 2. The highest BCUT2D eigenvalue weighted by Gasteiger charge is 2.29. The van der Waals surface area contributed by atoms with E-state index in [-0.39, 0.29) is 28.9 Å². The van der Waals surface area contributed by atoms with Crippen LogP contribution in [0.3, 0.4) is 0 Å². The predicted octanol–water partition coefficient (Wildman–Crippen LogP) is 0.0427. The van der Waals surface area contributed by atoms with E-state index in [1.54, 1.807) is 0 Å². The van der Waals surface area contributed by atoms with Crippen LogP contribution < -0.4 is 11.1 Å². The number of carbonyl (C=O) groups excluding carboxylic acids is 1. The van der Waals surface area contributed by atoms with Crippen molar-refractivity contribution in [3.8, 4) is 0 Å². The molecule has 18 heavy (non-hydrogen) atoms. The molecule has 1 aromatic carbocycles. The summed E-state index contributed by atoms with van der Waals surface area (Å²) in [6, 6.07) is 4.10. The van der Waals surface area contributed by atoms with Crippen molar-refractivity contribution in [1.82, 2.24) is 9.62 Å². The highest BCUT2D eigenvalue weighted by molar-refractivity contribution is 7.89. The van der Waals surface area contributed by atoms with Gasteiger partial charge in [-0.25, -0.2) is 8.42 Å². The summed E-state index contributed by atoms with van der Waals surface area (Å²) in [6.07, 6.45) is 0. The molecule has 1 saturated heterocycles. The van der Waals surface area contributed by atoms with Gasteiger partial charge in [-0.1, -0.05) is 11.6 Å². The number of nitrogens with zero attached hydrogens (tertiary/aromatic N) is 1. The molecule has 0 saturated carbocycles. The number of hydrogen-bond acceptors (Lipinski definition) is 4. The van der Waals surface area contributed by atoms with Crippen molar-refractivity contribution in [2.45, 2.75) is 4.90 Å². The molecule has 1 heterocycles. The topological polar surface area (TPSA) is 92.5 Å². The average Bonchev–Trinajstić information content (AvgIpc) is 2.32. The van der Waals surface area contributed by atoms with Gasteiger partial charge in [0.25, 0.3) is 0 Å². The molecular weight excluding hydrogens is 278 g/mol. The van der Waals surface area contributed by atoms with Crippen LogP contribution in [0, 0.1) is 0 Å². The molecule has 0 aromatic heterocycles. The van der Waals surface area contributed by atoms with E-state index >= 15 is 0 Å². The van der Waals surface area contributed by atoms with Gasteiger partial charge in [-0.3, -0.25) is 4.79 Å². The molecule has 1 fully saturated rings. The van der Waals surface area contributed by atoms with E-state index in [2.05, 4.69) is 5.32 Å². The van der Waals surface area contributed by atoms with E-state index in [0.717, 1.165) is 4.31 Å². The highest BCUT2D eigenvalue weighted by Crippen LogP contribution is 2.24. The fraction of sp³-hybridized carbons (Fsp3) is 0.300. The molecule has 6 nitrogen and oxygen atoms in total. The van der Waals surface area contributed by atoms with Gasteiger partial charge in [0.15, 0.2) is 0 Å². The van der Waals surface area contributed by atoms with Gasteiger partial charge >= 0.3 is 0 Å². The summed E-state index contributed by atoms with van der Waals surface area (Å²) in [6.45, 7) is 0.376. The third kappa shape index (κ3) is 2.43. The van der Waals surface area contributed by atoms with E-state index < -0.39 is 10.0 Å². The molecule has 2 rings (SSSR count). The lowest BCUT2D eigenvalue weighted by atomic mass is 10.3. The van der Waals surface area contributed by atoms with Crippen LogP contribution in [0.5, 0.6) is 0 Å². The molecular formula is C10H12ClN3O3S. The number of benzene rings is 1. The van der Waals surface area contributed by atoms with Crippen LogP contribution in [-0.2, 0) is 14.8 Å². The Bertz CT molecular complexity index is 588. The van der Waals surface area contributed by atoms with Crippen molar-refractivity contribution in [2.75, 3.05) is 25.4 Å². The minimum Gasteiger partial charge on any atom is -0.398 e. The lowest BCUT2D eigenvalue weighted by molar-refractivity contribution is -0.122. The molecule has 1 aromatic rings. The summed E-state index contributed by atoms with van der Waals surface area (Å²) in [5.74, 6) is -0.314. The minimum absolute atomic E-state index is 0.0383. The molecule has 1 amide bonds. The Morgan fingerprint density at radius 2 is 2.11 bits per heavy atom. The van der Waals surface area contributed by atoms with Crippen LogP contribution in [0.2, 0.25) is 5.02 Å². The maximum atomic E-state index is 12.2. The summed E-state index contributed by atoms with van der Waals surface area (Å²) in [5, 5.41) is 2.74. The number of piperazine rings is 1. The van der Waals surface area contributed by atoms with Crippen molar-refractivity contribution in [1.29, 1.82) is 0 Å². The Hall–Kier alpha value is -1.31. The number of halogens is 1. The Kier molecular flexibility index (Phi) is 3.47. The zero-order chi connectivity index (χ0) is 13.3. The Labute approximate surface area is 110 Å². The fourth-order valence-electron chi connectivity index (χ4n) is 1.64. The van der Waals surface area contributed by atoms with Crippen LogP contribution in [0.1, 0.15) is 0 Å². The van der Waals surface area contributed by atoms with E-state index in [9.17, 15) is 13.2 Å². The van der Waals surface area contributed by atoms with Crippen molar-refractivity contribution < 1.29 is 13.2 Å². The number of anilines is 1. The second kappa shape index (κ2) is 4.75. The molecule has 3 N–H and O–H groups in total. The van der Waals surface area contributed by atoms with Gasteiger partial charge in [-0.05, 0) is 18.2 Å². The SMILES string of the molecule is Nc1ccc(S(=O)(=O)N2CCNC(=O)C2)cc1Cl. The molecule has 1 aliphatic heterocycles. The van der Waals surface area contributed by atoms with Gasteiger partial charge in [0.1, 0.15) is 0 Å². The van der Waals surface area contributed by atoms with Crippen LogP contribution in [0.15, 0.2) is 23.1 Å². The first-order chi connectivity index (χ1) is 8.41. The Morgan fingerprint density at radius 1 is 1.39 bits per heavy atom. The smallest absolute Gasteiger partial charge is 0.243 e. The van der Waals surface area contributed by atoms with Gasteiger partial charge in [-0.15, -0.1) is 0 Å². The second-order valence-electron chi connectivity index (χ2n) is 3.87. The monoisotopic (exact) mass is 289 g/mol. The number of sulfonamides is 1. The summed E-state index contributed by atoms with van der Waals surface area (Å²) < 4.78 is 25.6. The maximum Gasteiger partial charge on any atom is 0.243 e. The molecule has 1 aliphatic rings. The van der Waals surface area contributed by atoms with Crippen LogP contribution in [-0.4, -0.2) is 38.3 Å². The molecule has 0 bridgehead atoms. The van der Waals surface area contributed by atoms with Crippen LogP contribution in [0.4, 0.5) is 5.69 Å². The lowest BCUT2D eigenvalue weighted by Crippen LogP contribution is -2.49. The molecule has 98 valence electrons. The molecule has 0 radical (unpaired) electrons. The molecule has 0 spiro atoms. The first kappa shape index (κ1) is 13.1. The van der Waals surface area contributed by atoms with Crippen LogP contribution in [0.25, 0.3) is 0 Å². The highest BCUT2D eigenvalue weighted by atomic mass is 35.5. The van der Waals surface area contributed by atoms with Crippen molar-refractivity contribution in [3.05, 3.63) is 23.2 Å². The maximum absolute atomic E-state index is 12.2. The van der Waals surface area contributed by atoms with Gasteiger partial charge in [0.05, 0.1) is 22.2 Å². The minimum atomic E-state index is -3.70. The summed E-state index contributed by atoms with van der Waals surface area (Å²) in [7, 11) is -3.70. The van der Waals surface area contributed by atoms with Gasteiger partial charge in [-0.2, -0.15) is 4.31 Å². The third-order valence-electron chi connectivity index (χ3n) is 2.61. The van der Waals surface area contributed by atoms with E-state index in [1.165, 1.54) is 18.2 Å². The number of nitrogen functional groups attached to an aromatic ring is 1. The van der Waals surface area contributed by atoms with E-state index in [4.69, 9.17) is 17.3 Å². The van der Waals surface area contributed by atoms with E-state index in [0.29, 0.717) is 12.2 Å². The van der Waals surface area contributed by atoms with Gasteiger partial charge in [0.2, 0.25) is 15.9 Å². The lowest BCUT2D eigenvalue weighted by Gasteiger charge is -2.26. The van der Waals surface area contributed by atoms with Crippen molar-refractivity contribution in [2.24, 2.45) is 0 Å². The Morgan fingerprint density at radius 3 is 2.72 bits per heavy atom. The van der Waals surface area contributed by atoms with Gasteiger partial charge in [0, 0.05) is 13.1 Å². The summed E-state index contributed by atoms with van der Waals surface area (Å²) >= 11 is 5.80. The van der Waals surface area contributed by atoms with Crippen LogP contribution >= 0.6 is 11.6 Å². The fourth-order valence-corrected chi connectivity index (χ4v) is 3.31. The molecule has 8 heteroatoms. The predicted molar refractivity (Wildman–Crippen MR) is 67.6 cm³/mol. The van der Waals surface area contributed by atoms with Crippen molar-refractivity contribution >= 4 is 33.2 Å². The quantitative estimate of drug-likeness (QED) is 0.752. The average molecular weight is 290 g/mol. The first-order valence-electron chi connectivity index (χ1n) is 5.23. The third-order valence-corrected chi connectivity index (χ3v) is 4.78. The first-order valence-corrected chi connectivity index (χ1v) is 7.05. The second-order valence-corrected chi connectivity index (χ2v) is 6.22. The molecule has 0 unspecified atom stereocenters. The summed E-state index contributed by atoms with van der Waals surface area (Å²) in [4.78, 5) is 11.2.